The van der Waals surface area contributed by atoms with E-state index in [1.807, 2.05) is 33.2 Å². The summed E-state index contributed by atoms with van der Waals surface area (Å²) >= 11 is 0. The number of aromatic nitrogens is 3. The summed E-state index contributed by atoms with van der Waals surface area (Å²) in [7, 11) is 3.78. The zero-order chi connectivity index (χ0) is 12.3. The zero-order valence-corrected chi connectivity index (χ0v) is 10.3. The highest BCUT2D eigenvalue weighted by molar-refractivity contribution is 5.34. The second kappa shape index (κ2) is 4.97. The minimum atomic E-state index is 0.716. The van der Waals surface area contributed by atoms with E-state index >= 15 is 0 Å². The van der Waals surface area contributed by atoms with Crippen LogP contribution in [0.1, 0.15) is 11.3 Å². The summed E-state index contributed by atoms with van der Waals surface area (Å²) in [5, 5.41) is 7.47. The van der Waals surface area contributed by atoms with Gasteiger partial charge in [0.2, 0.25) is 5.88 Å². The van der Waals surface area contributed by atoms with Gasteiger partial charge in [-0.15, -0.1) is 0 Å². The first-order valence-electron chi connectivity index (χ1n) is 5.47. The molecule has 0 fully saturated rings. The fourth-order valence-corrected chi connectivity index (χ4v) is 1.71. The molecule has 0 aliphatic carbocycles. The zero-order valence-electron chi connectivity index (χ0n) is 10.3. The maximum absolute atomic E-state index is 5.81. The van der Waals surface area contributed by atoms with Crippen molar-refractivity contribution in [3.63, 3.8) is 0 Å². The predicted octanol–water partition coefficient (Wildman–Crippen LogP) is 1.64. The lowest BCUT2D eigenvalue weighted by Crippen LogP contribution is -2.07. The van der Waals surface area contributed by atoms with Crippen LogP contribution < -0.4 is 10.1 Å². The maximum atomic E-state index is 5.81. The molecule has 90 valence electrons. The molecule has 0 bridgehead atoms. The Labute approximate surface area is 100 Å². The summed E-state index contributed by atoms with van der Waals surface area (Å²) in [6.45, 7) is 2.71. The van der Waals surface area contributed by atoms with Crippen molar-refractivity contribution >= 4 is 0 Å². The molecule has 1 N–H and O–H groups in total. The number of hydrogen-bond acceptors (Lipinski definition) is 4. The average molecular weight is 232 g/mol. The van der Waals surface area contributed by atoms with Crippen LogP contribution in [0.25, 0.3) is 0 Å². The summed E-state index contributed by atoms with van der Waals surface area (Å²) in [6.07, 6.45) is 3.40. The quantitative estimate of drug-likeness (QED) is 0.870. The summed E-state index contributed by atoms with van der Waals surface area (Å²) in [5.41, 5.74) is 2.04. The van der Waals surface area contributed by atoms with Crippen molar-refractivity contribution in [3.05, 3.63) is 35.8 Å². The Morgan fingerprint density at radius 1 is 1.47 bits per heavy atom. The van der Waals surface area contributed by atoms with Gasteiger partial charge in [0, 0.05) is 19.8 Å². The molecular formula is C12H16N4O. The van der Waals surface area contributed by atoms with Crippen LogP contribution >= 0.6 is 0 Å². The van der Waals surface area contributed by atoms with Crippen LogP contribution in [-0.4, -0.2) is 21.8 Å². The molecule has 0 unspecified atom stereocenters. The highest BCUT2D eigenvalue weighted by Gasteiger charge is 2.14. The summed E-state index contributed by atoms with van der Waals surface area (Å²) in [4.78, 5) is 4.02. The number of nitrogens with zero attached hydrogens (tertiary/aromatic N) is 3. The van der Waals surface area contributed by atoms with Crippen LogP contribution in [-0.2, 0) is 13.6 Å². The van der Waals surface area contributed by atoms with Gasteiger partial charge in [-0.3, -0.25) is 4.98 Å². The molecule has 0 spiro atoms. The van der Waals surface area contributed by atoms with Crippen molar-refractivity contribution in [3.8, 4) is 11.6 Å². The van der Waals surface area contributed by atoms with Crippen LogP contribution in [0.5, 0.6) is 11.6 Å². The van der Waals surface area contributed by atoms with Gasteiger partial charge in [-0.25, -0.2) is 4.68 Å². The summed E-state index contributed by atoms with van der Waals surface area (Å²) in [6, 6.07) is 3.72. The van der Waals surface area contributed by atoms with Crippen molar-refractivity contribution in [2.75, 3.05) is 7.05 Å². The van der Waals surface area contributed by atoms with Crippen molar-refractivity contribution in [1.29, 1.82) is 0 Å². The Bertz CT molecular complexity index is 493. The monoisotopic (exact) mass is 232 g/mol. The van der Waals surface area contributed by atoms with E-state index in [0.717, 1.165) is 23.7 Å². The van der Waals surface area contributed by atoms with E-state index in [1.54, 1.807) is 17.1 Å². The van der Waals surface area contributed by atoms with Crippen LogP contribution in [0.3, 0.4) is 0 Å². The molecular weight excluding hydrogens is 216 g/mol. The van der Waals surface area contributed by atoms with Gasteiger partial charge < -0.3 is 10.1 Å². The van der Waals surface area contributed by atoms with Crippen LogP contribution in [0.15, 0.2) is 24.5 Å². The Kier molecular flexibility index (Phi) is 3.39. The van der Waals surface area contributed by atoms with Gasteiger partial charge >= 0.3 is 0 Å². The molecule has 0 radical (unpaired) electrons. The number of nitrogens with one attached hydrogen (secondary N) is 1. The fraction of sp³-hybridized carbons (Fsp3) is 0.333. The Morgan fingerprint density at radius 3 is 2.94 bits per heavy atom. The predicted molar refractivity (Wildman–Crippen MR) is 65.0 cm³/mol. The third-order valence-corrected chi connectivity index (χ3v) is 2.49. The lowest BCUT2D eigenvalue weighted by atomic mass is 10.2. The van der Waals surface area contributed by atoms with Crippen molar-refractivity contribution in [1.82, 2.24) is 20.1 Å². The number of hydrogen-bond donors (Lipinski definition) is 1. The highest BCUT2D eigenvalue weighted by atomic mass is 16.5. The van der Waals surface area contributed by atoms with Crippen LogP contribution in [0, 0.1) is 6.92 Å². The molecule has 0 aliphatic rings. The third kappa shape index (κ3) is 2.45. The van der Waals surface area contributed by atoms with E-state index in [2.05, 4.69) is 15.4 Å². The Morgan fingerprint density at radius 2 is 2.29 bits per heavy atom. The lowest BCUT2D eigenvalue weighted by molar-refractivity contribution is 0.423. The molecule has 5 nitrogen and oxygen atoms in total. The Hall–Kier alpha value is -1.88. The molecule has 0 atom stereocenters. The van der Waals surface area contributed by atoms with Crippen LogP contribution in [0.2, 0.25) is 0 Å². The van der Waals surface area contributed by atoms with Gasteiger partial charge in [0.05, 0.1) is 17.5 Å². The van der Waals surface area contributed by atoms with Crippen molar-refractivity contribution in [2.24, 2.45) is 7.05 Å². The average Bonchev–Trinajstić information content (AvgIpc) is 2.58. The largest absolute Gasteiger partial charge is 0.437 e. The molecule has 2 aromatic rings. The van der Waals surface area contributed by atoms with Gasteiger partial charge in [-0.05, 0) is 26.1 Å². The summed E-state index contributed by atoms with van der Waals surface area (Å²) in [5.74, 6) is 1.47. The fourth-order valence-electron chi connectivity index (χ4n) is 1.71. The van der Waals surface area contributed by atoms with E-state index in [1.165, 1.54) is 0 Å². The van der Waals surface area contributed by atoms with Gasteiger partial charge in [0.1, 0.15) is 5.75 Å². The normalized spacial score (nSPS) is 10.5. The Balaban J connectivity index is 2.31. The molecule has 2 aromatic heterocycles. The van der Waals surface area contributed by atoms with E-state index in [4.69, 9.17) is 4.74 Å². The van der Waals surface area contributed by atoms with Gasteiger partial charge in [0.25, 0.3) is 0 Å². The van der Waals surface area contributed by atoms with E-state index in [0.29, 0.717) is 5.75 Å². The van der Waals surface area contributed by atoms with Gasteiger partial charge in [-0.2, -0.15) is 5.10 Å². The molecule has 0 saturated carbocycles. The first-order valence-corrected chi connectivity index (χ1v) is 5.47. The standard InChI is InChI=1S/C12H16N4O/c1-9-11(8-13-2)12(16(3)15-9)17-10-5-4-6-14-7-10/h4-7,13H,8H2,1-3H3. The minimum absolute atomic E-state index is 0.716. The molecule has 17 heavy (non-hydrogen) atoms. The molecule has 0 aliphatic heterocycles. The molecule has 0 aromatic carbocycles. The topological polar surface area (TPSA) is 52.0 Å². The van der Waals surface area contributed by atoms with Gasteiger partial charge in [-0.1, -0.05) is 0 Å². The molecule has 2 heterocycles. The molecule has 5 heteroatoms. The highest BCUT2D eigenvalue weighted by Crippen LogP contribution is 2.26. The first kappa shape index (κ1) is 11.6. The van der Waals surface area contributed by atoms with Crippen LogP contribution in [0.4, 0.5) is 0 Å². The number of aryl methyl sites for hydroxylation is 2. The SMILES string of the molecule is CNCc1c(C)nn(C)c1Oc1cccnc1. The first-order chi connectivity index (χ1) is 8.22. The number of rotatable bonds is 4. The van der Waals surface area contributed by atoms with E-state index < -0.39 is 0 Å². The molecule has 0 saturated heterocycles. The number of pyridine rings is 1. The van der Waals surface area contributed by atoms with Gasteiger partial charge in [0.15, 0.2) is 0 Å². The number of ether oxygens (including phenoxy) is 1. The second-order valence-electron chi connectivity index (χ2n) is 3.81. The van der Waals surface area contributed by atoms with Crippen molar-refractivity contribution < 1.29 is 4.74 Å². The maximum Gasteiger partial charge on any atom is 0.222 e. The minimum Gasteiger partial charge on any atom is -0.437 e. The molecule has 0 amide bonds. The van der Waals surface area contributed by atoms with E-state index in [-0.39, 0.29) is 0 Å². The molecule has 2 rings (SSSR count). The lowest BCUT2D eigenvalue weighted by Gasteiger charge is -2.07. The van der Waals surface area contributed by atoms with E-state index in [9.17, 15) is 0 Å². The third-order valence-electron chi connectivity index (χ3n) is 2.49. The van der Waals surface area contributed by atoms with Crippen molar-refractivity contribution in [2.45, 2.75) is 13.5 Å². The second-order valence-corrected chi connectivity index (χ2v) is 3.81. The smallest absolute Gasteiger partial charge is 0.222 e. The summed E-state index contributed by atoms with van der Waals surface area (Å²) < 4.78 is 7.56.